The molecule has 0 aliphatic heterocycles. The normalized spacial score (nSPS) is 12.6. The molecule has 3 aromatic rings. The Morgan fingerprint density at radius 1 is 0.806 bits per heavy atom. The van der Waals surface area contributed by atoms with E-state index in [1.165, 1.54) is 48.5 Å². The fraction of sp³-hybridized carbons (Fsp3) is 0.100. The largest absolute Gasteiger partial charge is 0.417 e. The van der Waals surface area contributed by atoms with Crippen LogP contribution >= 0.6 is 0 Å². The van der Waals surface area contributed by atoms with E-state index < -0.39 is 41.4 Å². The molecule has 0 heterocycles. The third kappa shape index (κ3) is 5.06. The van der Waals surface area contributed by atoms with E-state index in [0.29, 0.717) is 23.4 Å². The molecule has 31 heavy (non-hydrogen) atoms. The predicted molar refractivity (Wildman–Crippen MR) is 108 cm³/mol. The Balaban J connectivity index is 2.06. The molecular weight excluding hydrogens is 453 g/mol. The third-order valence-electron chi connectivity index (χ3n) is 4.36. The third-order valence-corrected chi connectivity index (χ3v) is 7.57. The number of rotatable bonds is 6. The Hall–Kier alpha value is -2.89. The molecular formula is C20H17F3N2O4S2. The fourth-order valence-electron chi connectivity index (χ4n) is 2.75. The minimum Gasteiger partial charge on any atom is -0.399 e. The predicted octanol–water partition coefficient (Wildman–Crippen LogP) is 3.60. The Labute approximate surface area is 177 Å². The molecule has 0 bridgehead atoms. The van der Waals surface area contributed by atoms with Crippen LogP contribution in [-0.2, 0) is 32.6 Å². The number of hydrogen-bond donors (Lipinski definition) is 2. The second kappa shape index (κ2) is 8.33. The van der Waals surface area contributed by atoms with Gasteiger partial charge in [-0.1, -0.05) is 30.3 Å². The molecule has 0 atom stereocenters. The van der Waals surface area contributed by atoms with Crippen LogP contribution in [0.25, 0.3) is 0 Å². The lowest BCUT2D eigenvalue weighted by molar-refractivity contribution is -0.139. The van der Waals surface area contributed by atoms with Crippen molar-refractivity contribution < 1.29 is 30.0 Å². The summed E-state index contributed by atoms with van der Waals surface area (Å²) < 4.78 is 93.5. The minimum absolute atomic E-state index is 0.173. The Morgan fingerprint density at radius 3 is 2.00 bits per heavy atom. The molecule has 0 aliphatic carbocycles. The summed E-state index contributed by atoms with van der Waals surface area (Å²) in [4.78, 5) is -1.92. The molecule has 3 aromatic carbocycles. The highest BCUT2D eigenvalue weighted by Crippen LogP contribution is 2.36. The van der Waals surface area contributed by atoms with Crippen LogP contribution in [-0.4, -0.2) is 16.8 Å². The van der Waals surface area contributed by atoms with Gasteiger partial charge in [-0.15, -0.1) is 0 Å². The summed E-state index contributed by atoms with van der Waals surface area (Å²) in [6.07, 6.45) is -5.01. The number of hydrogen-bond acceptors (Lipinski definition) is 5. The molecule has 0 saturated carbocycles. The lowest BCUT2D eigenvalue weighted by atomic mass is 10.2. The van der Waals surface area contributed by atoms with Gasteiger partial charge in [-0.3, -0.25) is 0 Å². The average molecular weight is 470 g/mol. The van der Waals surface area contributed by atoms with Gasteiger partial charge in [0.25, 0.3) is 0 Å². The van der Waals surface area contributed by atoms with Crippen LogP contribution in [0.1, 0.15) is 11.1 Å². The van der Waals surface area contributed by atoms with Crippen molar-refractivity contribution in [1.29, 1.82) is 0 Å². The fourth-order valence-corrected chi connectivity index (χ4v) is 5.40. The summed E-state index contributed by atoms with van der Waals surface area (Å²) in [6.45, 7) is -0.310. The zero-order chi connectivity index (χ0) is 22.9. The van der Waals surface area contributed by atoms with Gasteiger partial charge in [0.2, 0.25) is 19.9 Å². The van der Waals surface area contributed by atoms with E-state index in [1.807, 2.05) is 0 Å². The van der Waals surface area contributed by atoms with E-state index in [1.54, 1.807) is 6.07 Å². The van der Waals surface area contributed by atoms with Gasteiger partial charge in [0.1, 0.15) is 0 Å². The number of alkyl halides is 3. The second-order valence-corrected chi connectivity index (χ2v) is 10.2. The number of sulfone groups is 1. The molecule has 3 N–H and O–H groups in total. The monoisotopic (exact) mass is 470 g/mol. The van der Waals surface area contributed by atoms with Crippen LogP contribution in [0.3, 0.4) is 0 Å². The van der Waals surface area contributed by atoms with Crippen LogP contribution in [0.5, 0.6) is 0 Å². The van der Waals surface area contributed by atoms with Gasteiger partial charge in [-0.25, -0.2) is 21.6 Å². The summed E-state index contributed by atoms with van der Waals surface area (Å²) in [6, 6.07) is 14.8. The number of anilines is 1. The van der Waals surface area contributed by atoms with Crippen LogP contribution in [0.15, 0.2) is 87.5 Å². The second-order valence-electron chi connectivity index (χ2n) is 6.54. The van der Waals surface area contributed by atoms with Crippen molar-refractivity contribution in [2.45, 2.75) is 27.4 Å². The Morgan fingerprint density at radius 2 is 1.42 bits per heavy atom. The molecule has 164 valence electrons. The maximum atomic E-state index is 13.5. The highest BCUT2D eigenvalue weighted by Gasteiger charge is 2.38. The van der Waals surface area contributed by atoms with Crippen molar-refractivity contribution >= 4 is 25.5 Å². The SMILES string of the molecule is Nc1ccc(CNS(=O)(=O)c2cc(S(=O)(=O)c3ccccc3)ccc2C(F)(F)F)cc1. The van der Waals surface area contributed by atoms with Gasteiger partial charge in [0.15, 0.2) is 0 Å². The van der Waals surface area contributed by atoms with Crippen molar-refractivity contribution in [3.63, 3.8) is 0 Å². The smallest absolute Gasteiger partial charge is 0.399 e. The van der Waals surface area contributed by atoms with E-state index in [4.69, 9.17) is 5.73 Å². The Bertz CT molecular complexity index is 1290. The minimum atomic E-state index is -5.01. The van der Waals surface area contributed by atoms with Gasteiger partial charge in [-0.2, -0.15) is 13.2 Å². The van der Waals surface area contributed by atoms with Crippen molar-refractivity contribution in [2.75, 3.05) is 5.73 Å². The van der Waals surface area contributed by atoms with E-state index in [0.717, 1.165) is 6.07 Å². The van der Waals surface area contributed by atoms with Gasteiger partial charge in [0, 0.05) is 12.2 Å². The zero-order valence-corrected chi connectivity index (χ0v) is 17.4. The van der Waals surface area contributed by atoms with Crippen molar-refractivity contribution in [3.8, 4) is 0 Å². The summed E-state index contributed by atoms with van der Waals surface area (Å²) >= 11 is 0. The van der Waals surface area contributed by atoms with Gasteiger partial charge in [-0.05, 0) is 48.0 Å². The van der Waals surface area contributed by atoms with Gasteiger partial charge < -0.3 is 5.73 Å². The molecule has 0 amide bonds. The maximum absolute atomic E-state index is 13.5. The molecule has 0 saturated heterocycles. The molecule has 0 spiro atoms. The first-order valence-electron chi connectivity index (χ1n) is 8.77. The molecule has 0 radical (unpaired) electrons. The standard InChI is InChI=1S/C20H17F3N2O4S2/c21-20(22,23)18-11-10-17(30(26,27)16-4-2-1-3-5-16)12-19(18)31(28,29)25-13-14-6-8-15(24)9-7-14/h1-12,25H,13,24H2. The van der Waals surface area contributed by atoms with E-state index in [-0.39, 0.29) is 11.4 Å². The molecule has 6 nitrogen and oxygen atoms in total. The first-order valence-corrected chi connectivity index (χ1v) is 11.7. The topological polar surface area (TPSA) is 106 Å². The highest BCUT2D eigenvalue weighted by molar-refractivity contribution is 7.91. The lowest BCUT2D eigenvalue weighted by Gasteiger charge is -2.16. The average Bonchev–Trinajstić information content (AvgIpc) is 2.73. The van der Waals surface area contributed by atoms with Gasteiger partial charge >= 0.3 is 6.18 Å². The highest BCUT2D eigenvalue weighted by atomic mass is 32.2. The zero-order valence-electron chi connectivity index (χ0n) is 15.8. The van der Waals surface area contributed by atoms with Crippen molar-refractivity contribution in [1.82, 2.24) is 4.72 Å². The number of nitrogens with one attached hydrogen (secondary N) is 1. The quantitative estimate of drug-likeness (QED) is 0.536. The Kier molecular flexibility index (Phi) is 6.12. The van der Waals surface area contributed by atoms with E-state index in [9.17, 15) is 30.0 Å². The molecule has 0 unspecified atom stereocenters. The number of nitrogen functional groups attached to an aromatic ring is 1. The number of sulfonamides is 1. The summed E-state index contributed by atoms with van der Waals surface area (Å²) in [5.41, 5.74) is 4.98. The molecule has 0 aliphatic rings. The molecule has 11 heteroatoms. The van der Waals surface area contributed by atoms with Crippen LogP contribution in [0.4, 0.5) is 18.9 Å². The maximum Gasteiger partial charge on any atom is 0.417 e. The number of benzene rings is 3. The van der Waals surface area contributed by atoms with Gasteiger partial charge in [0.05, 0.1) is 20.2 Å². The first-order chi connectivity index (χ1) is 14.4. The molecule has 0 fully saturated rings. The lowest BCUT2D eigenvalue weighted by Crippen LogP contribution is -2.26. The summed E-state index contributed by atoms with van der Waals surface area (Å²) in [5.74, 6) is 0. The number of nitrogens with two attached hydrogens (primary N) is 1. The molecule has 0 aromatic heterocycles. The first kappa shape index (κ1) is 22.8. The number of halogens is 3. The summed E-state index contributed by atoms with van der Waals surface area (Å²) in [7, 11) is -8.94. The van der Waals surface area contributed by atoms with Crippen LogP contribution in [0.2, 0.25) is 0 Å². The summed E-state index contributed by atoms with van der Waals surface area (Å²) in [5, 5.41) is 0. The van der Waals surface area contributed by atoms with Crippen LogP contribution < -0.4 is 10.5 Å². The van der Waals surface area contributed by atoms with E-state index >= 15 is 0 Å². The van der Waals surface area contributed by atoms with Crippen molar-refractivity contribution in [3.05, 3.63) is 83.9 Å². The van der Waals surface area contributed by atoms with Crippen LogP contribution in [0, 0.1) is 0 Å². The van der Waals surface area contributed by atoms with E-state index in [2.05, 4.69) is 4.72 Å². The van der Waals surface area contributed by atoms with Crippen molar-refractivity contribution in [2.24, 2.45) is 0 Å². The molecule has 3 rings (SSSR count).